The van der Waals surface area contributed by atoms with Crippen molar-refractivity contribution in [2.45, 2.75) is 38.3 Å². The van der Waals surface area contributed by atoms with Gasteiger partial charge in [-0.2, -0.15) is 0 Å². The molecule has 2 heterocycles. The van der Waals surface area contributed by atoms with Gasteiger partial charge in [-0.05, 0) is 50.5 Å². The smallest absolute Gasteiger partial charge is 0.273 e. The normalized spacial score (nSPS) is 15.0. The summed E-state index contributed by atoms with van der Waals surface area (Å²) in [4.78, 5) is 28.9. The molecule has 1 aromatic carbocycles. The predicted octanol–water partition coefficient (Wildman–Crippen LogP) is 2.24. The zero-order chi connectivity index (χ0) is 20.4. The molecule has 0 spiro atoms. The lowest BCUT2D eigenvalue weighted by atomic mass is 9.93. The second-order valence-corrected chi connectivity index (χ2v) is 7.31. The van der Waals surface area contributed by atoms with Crippen molar-refractivity contribution in [3.63, 3.8) is 0 Å². The lowest BCUT2D eigenvalue weighted by Gasteiger charge is -2.24. The number of hydrogen-bond acceptors (Lipinski definition) is 5. The Morgan fingerprint density at radius 3 is 2.86 bits per heavy atom. The van der Waals surface area contributed by atoms with E-state index in [1.165, 1.54) is 24.8 Å². The van der Waals surface area contributed by atoms with Gasteiger partial charge in [0, 0.05) is 24.2 Å². The summed E-state index contributed by atoms with van der Waals surface area (Å²) >= 11 is 0. The number of nitrogens with zero attached hydrogens (tertiary/aromatic N) is 4. The van der Waals surface area contributed by atoms with Crippen molar-refractivity contribution < 1.29 is 14.0 Å². The van der Waals surface area contributed by atoms with Crippen molar-refractivity contribution in [2.75, 3.05) is 6.54 Å². The van der Waals surface area contributed by atoms with Crippen molar-refractivity contribution in [1.82, 2.24) is 30.6 Å². The monoisotopic (exact) mass is 396 g/mol. The zero-order valence-corrected chi connectivity index (χ0v) is 15.9. The first kappa shape index (κ1) is 19.0. The summed E-state index contributed by atoms with van der Waals surface area (Å²) in [7, 11) is 0. The van der Waals surface area contributed by atoms with Crippen LogP contribution in [-0.4, -0.2) is 44.4 Å². The van der Waals surface area contributed by atoms with Crippen LogP contribution >= 0.6 is 0 Å². The van der Waals surface area contributed by atoms with E-state index in [2.05, 4.69) is 25.9 Å². The van der Waals surface area contributed by atoms with Gasteiger partial charge in [0.1, 0.15) is 5.82 Å². The molecule has 1 unspecified atom stereocenters. The first-order chi connectivity index (χ1) is 14.0. The molecule has 1 aliphatic rings. The van der Waals surface area contributed by atoms with Gasteiger partial charge >= 0.3 is 0 Å². The minimum absolute atomic E-state index is 0.233. The summed E-state index contributed by atoms with van der Waals surface area (Å²) < 4.78 is 15.1. The third-order valence-electron chi connectivity index (χ3n) is 5.04. The van der Waals surface area contributed by atoms with Crippen molar-refractivity contribution >= 4 is 22.7 Å². The first-order valence-electron chi connectivity index (χ1n) is 9.56. The summed E-state index contributed by atoms with van der Waals surface area (Å²) in [5.74, 6) is -1.07. The number of halogens is 1. The van der Waals surface area contributed by atoms with Gasteiger partial charge in [0.05, 0.1) is 23.3 Å². The number of benzene rings is 1. The van der Waals surface area contributed by atoms with Gasteiger partial charge in [0.2, 0.25) is 0 Å². The number of hydrogen-bond donors (Lipinski definition) is 2. The molecule has 1 aliphatic carbocycles. The van der Waals surface area contributed by atoms with Crippen molar-refractivity contribution in [2.24, 2.45) is 0 Å². The minimum atomic E-state index is -0.387. The molecule has 0 bridgehead atoms. The molecular formula is C20H21FN6O2. The van der Waals surface area contributed by atoms with Gasteiger partial charge in [-0.1, -0.05) is 5.21 Å². The van der Waals surface area contributed by atoms with Crippen LogP contribution in [0.15, 0.2) is 36.7 Å². The summed E-state index contributed by atoms with van der Waals surface area (Å²) in [5.41, 5.74) is 1.19. The molecule has 29 heavy (non-hydrogen) atoms. The molecule has 2 amide bonds. The molecule has 1 saturated carbocycles. The van der Waals surface area contributed by atoms with Crippen LogP contribution in [0.2, 0.25) is 0 Å². The Morgan fingerprint density at radius 2 is 2.10 bits per heavy atom. The summed E-state index contributed by atoms with van der Waals surface area (Å²) in [5, 5.41) is 14.0. The second kappa shape index (κ2) is 7.94. The van der Waals surface area contributed by atoms with E-state index in [1.54, 1.807) is 29.9 Å². The van der Waals surface area contributed by atoms with Crippen molar-refractivity contribution in [3.05, 3.63) is 53.7 Å². The van der Waals surface area contributed by atoms with Gasteiger partial charge < -0.3 is 10.6 Å². The van der Waals surface area contributed by atoms with E-state index in [-0.39, 0.29) is 35.9 Å². The molecule has 0 aliphatic heterocycles. The quantitative estimate of drug-likeness (QED) is 0.665. The Bertz CT molecular complexity index is 1060. The third-order valence-corrected chi connectivity index (χ3v) is 5.04. The lowest BCUT2D eigenvalue weighted by Crippen LogP contribution is -2.42. The van der Waals surface area contributed by atoms with E-state index in [0.29, 0.717) is 22.5 Å². The molecule has 8 nitrogen and oxygen atoms in total. The molecule has 0 radical (unpaired) electrons. The number of pyridine rings is 1. The Kier molecular flexibility index (Phi) is 5.20. The van der Waals surface area contributed by atoms with Gasteiger partial charge in [-0.25, -0.2) is 9.07 Å². The Hall–Kier alpha value is -3.36. The van der Waals surface area contributed by atoms with E-state index >= 15 is 0 Å². The maximum absolute atomic E-state index is 13.4. The number of aromatic nitrogens is 4. The molecule has 150 valence electrons. The number of carbonyl (C=O) groups excluding carboxylic acids is 2. The SMILES string of the molecule is CC(CNC(=O)c1cn(C2CCC2)nn1)NC(=O)c1cnc2ccc(F)cc2c1. The highest BCUT2D eigenvalue weighted by atomic mass is 19.1. The average molecular weight is 396 g/mol. The zero-order valence-electron chi connectivity index (χ0n) is 15.9. The molecule has 4 rings (SSSR count). The molecule has 9 heteroatoms. The Labute approximate surface area is 166 Å². The number of nitrogens with one attached hydrogen (secondary N) is 2. The van der Waals surface area contributed by atoms with Crippen LogP contribution in [0.1, 0.15) is 53.1 Å². The van der Waals surface area contributed by atoms with Gasteiger partial charge in [-0.3, -0.25) is 14.6 Å². The summed E-state index contributed by atoms with van der Waals surface area (Å²) in [6, 6.07) is 5.82. The fourth-order valence-corrected chi connectivity index (χ4v) is 3.13. The van der Waals surface area contributed by atoms with Crippen LogP contribution in [0, 0.1) is 5.82 Å². The van der Waals surface area contributed by atoms with E-state index in [4.69, 9.17) is 0 Å². The van der Waals surface area contributed by atoms with Crippen LogP contribution < -0.4 is 10.6 Å². The predicted molar refractivity (Wildman–Crippen MR) is 104 cm³/mol. The van der Waals surface area contributed by atoms with Crippen LogP contribution in [0.5, 0.6) is 0 Å². The highest BCUT2D eigenvalue weighted by Gasteiger charge is 2.22. The second-order valence-electron chi connectivity index (χ2n) is 7.31. The summed E-state index contributed by atoms with van der Waals surface area (Å²) in [6.07, 6.45) is 6.39. The van der Waals surface area contributed by atoms with Crippen LogP contribution in [0.25, 0.3) is 10.9 Å². The standard InChI is InChI=1S/C20H21FN6O2/c1-12(9-23-20(29)18-11-27(26-25-18)16-3-2-4-16)24-19(28)14-7-13-8-15(21)5-6-17(13)22-10-14/h5-8,10-12,16H,2-4,9H2,1H3,(H,23,29)(H,24,28). The number of rotatable bonds is 6. The molecule has 3 aromatic rings. The molecule has 2 N–H and O–H groups in total. The van der Waals surface area contributed by atoms with Gasteiger partial charge in [0.25, 0.3) is 11.8 Å². The fraction of sp³-hybridized carbons (Fsp3) is 0.350. The maximum atomic E-state index is 13.4. The molecule has 2 aromatic heterocycles. The number of carbonyl (C=O) groups is 2. The van der Waals surface area contributed by atoms with Crippen LogP contribution in [0.4, 0.5) is 4.39 Å². The first-order valence-corrected chi connectivity index (χ1v) is 9.56. The van der Waals surface area contributed by atoms with Gasteiger partial charge in [-0.15, -0.1) is 5.10 Å². The highest BCUT2D eigenvalue weighted by molar-refractivity contribution is 5.97. The van der Waals surface area contributed by atoms with E-state index in [1.807, 2.05) is 0 Å². The Morgan fingerprint density at radius 1 is 1.28 bits per heavy atom. The topological polar surface area (TPSA) is 102 Å². The van der Waals surface area contributed by atoms with E-state index < -0.39 is 0 Å². The largest absolute Gasteiger partial charge is 0.349 e. The van der Waals surface area contributed by atoms with Crippen LogP contribution in [-0.2, 0) is 0 Å². The third kappa shape index (κ3) is 4.23. The molecular weight excluding hydrogens is 375 g/mol. The Balaban J connectivity index is 1.31. The minimum Gasteiger partial charge on any atom is -0.349 e. The molecule has 0 saturated heterocycles. The van der Waals surface area contributed by atoms with Crippen LogP contribution in [0.3, 0.4) is 0 Å². The molecule has 1 atom stereocenters. The highest BCUT2D eigenvalue weighted by Crippen LogP contribution is 2.30. The fourth-order valence-electron chi connectivity index (χ4n) is 3.13. The van der Waals surface area contributed by atoms with Gasteiger partial charge in [0.15, 0.2) is 5.69 Å². The van der Waals surface area contributed by atoms with E-state index in [0.717, 1.165) is 12.8 Å². The van der Waals surface area contributed by atoms with Crippen molar-refractivity contribution in [1.29, 1.82) is 0 Å². The number of fused-ring (bicyclic) bond motifs is 1. The lowest BCUT2D eigenvalue weighted by molar-refractivity contribution is 0.0910. The molecule has 1 fully saturated rings. The van der Waals surface area contributed by atoms with E-state index in [9.17, 15) is 14.0 Å². The average Bonchev–Trinajstić information content (AvgIpc) is 3.13. The van der Waals surface area contributed by atoms with Crippen molar-refractivity contribution in [3.8, 4) is 0 Å². The number of amides is 2. The maximum Gasteiger partial charge on any atom is 0.273 e. The summed E-state index contributed by atoms with van der Waals surface area (Å²) in [6.45, 7) is 2.01.